The fraction of sp³-hybridized carbons (Fsp3) is 0.360. The molecule has 0 bridgehead atoms. The first-order valence-corrected chi connectivity index (χ1v) is 11.5. The highest BCUT2D eigenvalue weighted by Gasteiger charge is 2.49. The van der Waals surface area contributed by atoms with E-state index in [2.05, 4.69) is 0 Å². The molecule has 0 spiro atoms. The largest absolute Gasteiger partial charge is 0.508 e. The van der Waals surface area contributed by atoms with Crippen molar-refractivity contribution in [3.8, 4) is 34.3 Å². The monoisotopic (exact) mass is 518 g/mol. The average Bonchev–Trinajstić information content (AvgIpc) is 2.86. The quantitative estimate of drug-likeness (QED) is 0.193. The summed E-state index contributed by atoms with van der Waals surface area (Å²) in [6.07, 6.45) is -7.91. The lowest BCUT2D eigenvalue weighted by atomic mass is 9.99. The Morgan fingerprint density at radius 1 is 0.973 bits per heavy atom. The molecule has 198 valence electrons. The van der Waals surface area contributed by atoms with Gasteiger partial charge in [0.1, 0.15) is 41.0 Å². The second kappa shape index (κ2) is 10.6. The number of unbranched alkanes of at least 4 members (excludes halogenated alkanes) is 1. The summed E-state index contributed by atoms with van der Waals surface area (Å²) in [5.41, 5.74) is -0.760. The second-order valence-electron chi connectivity index (χ2n) is 8.51. The Bertz CT molecular complexity index is 1330. The molecule has 4 rings (SSSR count). The van der Waals surface area contributed by atoms with E-state index in [-0.39, 0.29) is 23.5 Å². The first-order chi connectivity index (χ1) is 17.6. The molecule has 0 saturated carbocycles. The molecule has 0 radical (unpaired) electrons. The van der Waals surface area contributed by atoms with E-state index in [4.69, 9.17) is 18.6 Å². The number of hydrogen-bond acceptors (Lipinski definition) is 12. The van der Waals surface area contributed by atoms with Gasteiger partial charge in [-0.3, -0.25) is 4.79 Å². The minimum absolute atomic E-state index is 0.00898. The van der Waals surface area contributed by atoms with Crippen LogP contribution in [0, 0.1) is 0 Å². The maximum absolute atomic E-state index is 12.8. The summed E-state index contributed by atoms with van der Waals surface area (Å²) >= 11 is 0. The number of benzene rings is 2. The van der Waals surface area contributed by atoms with Gasteiger partial charge in [-0.2, -0.15) is 0 Å². The lowest BCUT2D eigenvalue weighted by Gasteiger charge is -2.39. The van der Waals surface area contributed by atoms with Crippen molar-refractivity contribution < 1.29 is 54.1 Å². The number of rotatable bonds is 7. The number of carbonyl (C=O) groups is 1. The molecule has 1 aliphatic rings. The van der Waals surface area contributed by atoms with Crippen LogP contribution in [0.1, 0.15) is 19.8 Å². The van der Waals surface area contributed by atoms with Gasteiger partial charge >= 0.3 is 5.97 Å². The average molecular weight is 518 g/mol. The van der Waals surface area contributed by atoms with Gasteiger partial charge in [0.05, 0.1) is 6.61 Å². The van der Waals surface area contributed by atoms with Crippen LogP contribution in [0.15, 0.2) is 45.6 Å². The van der Waals surface area contributed by atoms with Crippen molar-refractivity contribution in [3.05, 3.63) is 46.6 Å². The van der Waals surface area contributed by atoms with Crippen LogP contribution < -0.4 is 10.2 Å². The van der Waals surface area contributed by atoms with E-state index in [1.807, 2.05) is 6.92 Å². The van der Waals surface area contributed by atoms with Gasteiger partial charge in [-0.25, -0.2) is 4.79 Å². The smallest absolute Gasteiger partial charge is 0.338 e. The van der Waals surface area contributed by atoms with Gasteiger partial charge in [0.15, 0.2) is 22.9 Å². The van der Waals surface area contributed by atoms with E-state index in [1.54, 1.807) is 0 Å². The van der Waals surface area contributed by atoms with Crippen LogP contribution in [0.25, 0.3) is 22.3 Å². The molecule has 1 aromatic heterocycles. The summed E-state index contributed by atoms with van der Waals surface area (Å²) in [6, 6.07) is 7.53. The third kappa shape index (κ3) is 5.18. The predicted octanol–water partition coefficient (Wildman–Crippen LogP) is 1.11. The zero-order valence-corrected chi connectivity index (χ0v) is 19.6. The third-order valence-electron chi connectivity index (χ3n) is 5.85. The number of aliphatic hydroxyl groups is 3. The van der Waals surface area contributed by atoms with Gasteiger partial charge in [-0.1, -0.05) is 13.3 Å². The third-order valence-corrected chi connectivity index (χ3v) is 5.85. The zero-order chi connectivity index (χ0) is 26.9. The Labute approximate surface area is 209 Å². The molecule has 0 amide bonds. The van der Waals surface area contributed by atoms with Crippen LogP contribution >= 0.6 is 0 Å². The molecule has 1 saturated heterocycles. The molecule has 2 aromatic carbocycles. The highest BCUT2D eigenvalue weighted by molar-refractivity contribution is 5.91. The van der Waals surface area contributed by atoms with Crippen molar-refractivity contribution in [2.75, 3.05) is 6.61 Å². The molecule has 0 aliphatic carbocycles. The fourth-order valence-corrected chi connectivity index (χ4v) is 3.82. The van der Waals surface area contributed by atoms with E-state index in [0.717, 1.165) is 18.6 Å². The number of aliphatic hydroxyl groups excluding tert-OH is 3. The minimum Gasteiger partial charge on any atom is -0.508 e. The Morgan fingerprint density at radius 3 is 2.35 bits per heavy atom. The lowest BCUT2D eigenvalue weighted by molar-refractivity contribution is -0.272. The van der Waals surface area contributed by atoms with Crippen molar-refractivity contribution in [1.29, 1.82) is 0 Å². The first kappa shape index (κ1) is 26.2. The predicted molar refractivity (Wildman–Crippen MR) is 126 cm³/mol. The SMILES string of the molecule is CCCCOC(=O)[C@H]1O[C@@H](Oc2c(O)cc(O)c3c(=O)cc(-c4ccc(O)cc4)oc23)[C@H](O)[C@@H](O)[C@@H]1O. The van der Waals surface area contributed by atoms with Crippen LogP contribution in [-0.2, 0) is 14.3 Å². The highest BCUT2D eigenvalue weighted by Crippen LogP contribution is 2.42. The van der Waals surface area contributed by atoms with Crippen molar-refractivity contribution in [1.82, 2.24) is 0 Å². The number of fused-ring (bicyclic) bond motifs is 1. The molecule has 12 heteroatoms. The van der Waals surface area contributed by atoms with Crippen molar-refractivity contribution in [2.45, 2.75) is 50.5 Å². The van der Waals surface area contributed by atoms with Crippen LogP contribution in [0.4, 0.5) is 0 Å². The van der Waals surface area contributed by atoms with Crippen molar-refractivity contribution >= 4 is 16.9 Å². The molecular weight excluding hydrogens is 492 g/mol. The molecule has 37 heavy (non-hydrogen) atoms. The number of phenols is 3. The summed E-state index contributed by atoms with van der Waals surface area (Å²) in [5.74, 6) is -2.92. The summed E-state index contributed by atoms with van der Waals surface area (Å²) in [7, 11) is 0. The van der Waals surface area contributed by atoms with Crippen LogP contribution in [-0.4, -0.2) is 73.9 Å². The summed E-state index contributed by atoms with van der Waals surface area (Å²) < 4.78 is 21.8. The first-order valence-electron chi connectivity index (χ1n) is 11.5. The van der Waals surface area contributed by atoms with Gasteiger partial charge in [-0.15, -0.1) is 0 Å². The molecule has 2 heterocycles. The molecule has 6 N–H and O–H groups in total. The maximum atomic E-state index is 12.8. The Morgan fingerprint density at radius 2 is 1.68 bits per heavy atom. The van der Waals surface area contributed by atoms with Gasteiger partial charge in [0.25, 0.3) is 0 Å². The molecule has 0 unspecified atom stereocenters. The van der Waals surface area contributed by atoms with E-state index in [0.29, 0.717) is 12.0 Å². The van der Waals surface area contributed by atoms with Crippen LogP contribution in [0.2, 0.25) is 0 Å². The summed E-state index contributed by atoms with van der Waals surface area (Å²) in [4.78, 5) is 25.2. The second-order valence-corrected chi connectivity index (χ2v) is 8.51. The van der Waals surface area contributed by atoms with E-state index < -0.39 is 64.9 Å². The number of ether oxygens (including phenoxy) is 3. The van der Waals surface area contributed by atoms with Gasteiger partial charge < -0.3 is 49.3 Å². The van der Waals surface area contributed by atoms with Crippen molar-refractivity contribution in [2.24, 2.45) is 0 Å². The maximum Gasteiger partial charge on any atom is 0.338 e. The van der Waals surface area contributed by atoms with Crippen LogP contribution in [0.5, 0.6) is 23.0 Å². The molecule has 1 fully saturated rings. The van der Waals surface area contributed by atoms with Crippen LogP contribution in [0.3, 0.4) is 0 Å². The molecule has 3 aromatic rings. The van der Waals surface area contributed by atoms with E-state index in [9.17, 15) is 40.2 Å². The minimum atomic E-state index is -1.90. The van der Waals surface area contributed by atoms with Gasteiger partial charge in [0.2, 0.25) is 12.0 Å². The highest BCUT2D eigenvalue weighted by atomic mass is 16.7. The molecular formula is C25H26O12. The number of carbonyl (C=O) groups excluding carboxylic acids is 1. The molecule has 1 aliphatic heterocycles. The summed E-state index contributed by atoms with van der Waals surface area (Å²) in [6.45, 7) is 1.92. The zero-order valence-electron chi connectivity index (χ0n) is 19.6. The number of hydrogen-bond donors (Lipinski definition) is 6. The standard InChI is InChI=1S/C25H26O12/c1-2-3-8-34-24(33)23-19(31)18(30)20(32)25(37-23)36-21-15(29)9-13(27)17-14(28)10-16(35-22(17)21)11-4-6-12(26)7-5-11/h4-7,9-10,18-20,23,25-27,29-32H,2-3,8H2,1H3/t18-,19-,20+,23-,25+/m0/s1. The fourth-order valence-electron chi connectivity index (χ4n) is 3.82. The number of aromatic hydroxyl groups is 3. The number of phenolic OH excluding ortho intramolecular Hbond substituents is 3. The van der Waals surface area contributed by atoms with E-state index >= 15 is 0 Å². The summed E-state index contributed by atoms with van der Waals surface area (Å²) in [5, 5.41) is 61.0. The van der Waals surface area contributed by atoms with Gasteiger partial charge in [-0.05, 0) is 30.7 Å². The topological polar surface area (TPSA) is 196 Å². The normalized spacial score (nSPS) is 23.6. The Hall–Kier alpha value is -3.84. The Balaban J connectivity index is 1.73. The van der Waals surface area contributed by atoms with Crippen molar-refractivity contribution in [3.63, 3.8) is 0 Å². The lowest BCUT2D eigenvalue weighted by Crippen LogP contribution is -2.61. The van der Waals surface area contributed by atoms with E-state index in [1.165, 1.54) is 24.3 Å². The molecule has 12 nitrogen and oxygen atoms in total. The van der Waals surface area contributed by atoms with Gasteiger partial charge in [0, 0.05) is 17.7 Å². The number of esters is 1. The Kier molecular flexibility index (Phi) is 7.55. The molecule has 5 atom stereocenters.